The van der Waals surface area contributed by atoms with Crippen LogP contribution in [0.5, 0.6) is 0 Å². The molecule has 18 heavy (non-hydrogen) atoms. The van der Waals surface area contributed by atoms with E-state index in [0.717, 1.165) is 12.8 Å². The topological polar surface area (TPSA) is 68.0 Å². The Labute approximate surface area is 116 Å². The largest absolute Gasteiger partial charge is 0.392 e. The molecule has 1 heterocycles. The van der Waals surface area contributed by atoms with Crippen molar-refractivity contribution in [2.75, 3.05) is 5.32 Å². The molecule has 0 atom stereocenters. The Hall–Kier alpha value is -1.20. The number of rotatable bonds is 3. The molecule has 1 aliphatic carbocycles. The molecule has 0 aliphatic heterocycles. The molecule has 1 fully saturated rings. The maximum atomic E-state index is 12.4. The molecule has 1 saturated carbocycles. The van der Waals surface area contributed by atoms with Crippen LogP contribution in [-0.4, -0.2) is 15.9 Å². The van der Waals surface area contributed by atoms with E-state index in [1.165, 1.54) is 0 Å². The molecule has 1 amide bonds. The normalized spacial score (nSPS) is 17.4. The summed E-state index contributed by atoms with van der Waals surface area (Å²) in [5, 5.41) is 3.13. The van der Waals surface area contributed by atoms with Crippen LogP contribution in [0, 0.1) is 5.41 Å². The van der Waals surface area contributed by atoms with Crippen molar-refractivity contribution in [3.63, 3.8) is 0 Å². The molecular formula is C12H14ClN3OS. The predicted molar refractivity (Wildman–Crippen MR) is 75.6 cm³/mol. The zero-order chi connectivity index (χ0) is 13.2. The summed E-state index contributed by atoms with van der Waals surface area (Å²) in [7, 11) is 0. The second-order valence-corrected chi connectivity index (χ2v) is 5.29. The van der Waals surface area contributed by atoms with E-state index in [0.29, 0.717) is 23.7 Å². The number of hydrogen-bond acceptors (Lipinski definition) is 3. The number of thiocarbonyl (C=S) groups is 1. The van der Waals surface area contributed by atoms with E-state index in [-0.39, 0.29) is 10.9 Å². The summed E-state index contributed by atoms with van der Waals surface area (Å²) in [5.74, 6) is 0.153. The minimum absolute atomic E-state index is 0.201. The van der Waals surface area contributed by atoms with Gasteiger partial charge in [-0.3, -0.25) is 4.79 Å². The zero-order valence-corrected chi connectivity index (χ0v) is 11.4. The van der Waals surface area contributed by atoms with E-state index in [2.05, 4.69) is 10.3 Å². The lowest BCUT2D eigenvalue weighted by molar-refractivity contribution is -0.122. The van der Waals surface area contributed by atoms with E-state index >= 15 is 0 Å². The third-order valence-electron chi connectivity index (χ3n) is 3.35. The second-order valence-electron chi connectivity index (χ2n) is 4.44. The maximum absolute atomic E-state index is 12.4. The number of nitrogens with zero attached hydrogens (tertiary/aromatic N) is 1. The number of pyridine rings is 1. The van der Waals surface area contributed by atoms with Gasteiger partial charge in [0.25, 0.3) is 0 Å². The molecule has 3 N–H and O–H groups in total. The zero-order valence-electron chi connectivity index (χ0n) is 9.78. The number of halogens is 1. The van der Waals surface area contributed by atoms with Gasteiger partial charge in [0.05, 0.1) is 15.4 Å². The fraction of sp³-hybridized carbons (Fsp3) is 0.417. The van der Waals surface area contributed by atoms with Crippen LogP contribution in [0.4, 0.5) is 5.82 Å². The number of aromatic nitrogens is 1. The first-order valence-electron chi connectivity index (χ1n) is 5.78. The lowest BCUT2D eigenvalue weighted by Gasteiger charge is -2.26. The Bertz CT molecular complexity index is 486. The van der Waals surface area contributed by atoms with Crippen LogP contribution in [0.15, 0.2) is 18.3 Å². The van der Waals surface area contributed by atoms with Crippen LogP contribution in [0.2, 0.25) is 5.02 Å². The van der Waals surface area contributed by atoms with Crippen molar-refractivity contribution in [2.45, 2.75) is 25.7 Å². The third-order valence-corrected chi connectivity index (χ3v) is 4.05. The summed E-state index contributed by atoms with van der Waals surface area (Å²) in [6.45, 7) is 0. The molecule has 0 radical (unpaired) electrons. The Kier molecular flexibility index (Phi) is 3.82. The summed E-state index contributed by atoms with van der Waals surface area (Å²) in [5.41, 5.74) is 5.00. The van der Waals surface area contributed by atoms with Gasteiger partial charge in [-0.05, 0) is 25.0 Å². The monoisotopic (exact) mass is 283 g/mol. The summed E-state index contributed by atoms with van der Waals surface area (Å²) < 4.78 is 0. The van der Waals surface area contributed by atoms with Gasteiger partial charge in [-0.1, -0.05) is 36.7 Å². The minimum atomic E-state index is -0.740. The quantitative estimate of drug-likeness (QED) is 0.837. The summed E-state index contributed by atoms with van der Waals surface area (Å²) in [6.07, 6.45) is 4.88. The minimum Gasteiger partial charge on any atom is -0.392 e. The van der Waals surface area contributed by atoms with Gasteiger partial charge in [0.1, 0.15) is 0 Å². The van der Waals surface area contributed by atoms with Crippen molar-refractivity contribution < 1.29 is 4.79 Å². The molecule has 6 heteroatoms. The maximum Gasteiger partial charge on any atom is 0.238 e. The van der Waals surface area contributed by atoms with Crippen molar-refractivity contribution >= 4 is 40.5 Å². The highest BCUT2D eigenvalue weighted by Crippen LogP contribution is 2.39. The molecule has 1 aliphatic rings. The number of hydrogen-bond donors (Lipinski definition) is 2. The van der Waals surface area contributed by atoms with E-state index in [1.54, 1.807) is 18.3 Å². The summed E-state index contributed by atoms with van der Waals surface area (Å²) in [4.78, 5) is 16.6. The van der Waals surface area contributed by atoms with Crippen LogP contribution >= 0.6 is 23.8 Å². The number of anilines is 1. The molecule has 1 aromatic rings. The summed E-state index contributed by atoms with van der Waals surface area (Å²) in [6, 6.07) is 3.38. The number of nitrogens with two attached hydrogens (primary N) is 1. The first-order valence-corrected chi connectivity index (χ1v) is 6.57. The SMILES string of the molecule is NC(=S)C1(C(=O)Nc2ncccc2Cl)CCCC1. The first kappa shape index (κ1) is 13.2. The van der Waals surface area contributed by atoms with Crippen molar-refractivity contribution in [3.05, 3.63) is 23.4 Å². The number of carbonyl (C=O) groups is 1. The van der Waals surface area contributed by atoms with E-state index in [9.17, 15) is 4.79 Å². The molecule has 2 rings (SSSR count). The fourth-order valence-corrected chi connectivity index (χ4v) is 2.73. The van der Waals surface area contributed by atoms with Crippen LogP contribution in [0.3, 0.4) is 0 Å². The average molecular weight is 284 g/mol. The van der Waals surface area contributed by atoms with E-state index in [1.807, 2.05) is 0 Å². The molecule has 0 bridgehead atoms. The average Bonchev–Trinajstić information content (AvgIpc) is 2.82. The highest BCUT2D eigenvalue weighted by Gasteiger charge is 2.44. The molecule has 0 saturated heterocycles. The second kappa shape index (κ2) is 5.20. The third kappa shape index (κ3) is 2.33. The highest BCUT2D eigenvalue weighted by atomic mass is 35.5. The smallest absolute Gasteiger partial charge is 0.238 e. The number of amides is 1. The van der Waals surface area contributed by atoms with Gasteiger partial charge in [0.15, 0.2) is 5.82 Å². The van der Waals surface area contributed by atoms with Gasteiger partial charge in [-0.25, -0.2) is 4.98 Å². The van der Waals surface area contributed by atoms with E-state index in [4.69, 9.17) is 29.6 Å². The summed E-state index contributed by atoms with van der Waals surface area (Å²) >= 11 is 11.0. The van der Waals surface area contributed by atoms with Crippen molar-refractivity contribution in [2.24, 2.45) is 11.1 Å². The van der Waals surface area contributed by atoms with Crippen LogP contribution in [0.25, 0.3) is 0 Å². The fourth-order valence-electron chi connectivity index (χ4n) is 2.27. The van der Waals surface area contributed by atoms with Gasteiger partial charge in [-0.15, -0.1) is 0 Å². The van der Waals surface area contributed by atoms with Gasteiger partial charge < -0.3 is 11.1 Å². The first-order chi connectivity index (χ1) is 8.56. The van der Waals surface area contributed by atoms with Gasteiger partial charge in [-0.2, -0.15) is 0 Å². The lowest BCUT2D eigenvalue weighted by Crippen LogP contribution is -2.44. The van der Waals surface area contributed by atoms with Crippen LogP contribution in [0.1, 0.15) is 25.7 Å². The van der Waals surface area contributed by atoms with Gasteiger partial charge >= 0.3 is 0 Å². The van der Waals surface area contributed by atoms with Crippen molar-refractivity contribution in [1.29, 1.82) is 0 Å². The standard InChI is InChI=1S/C12H14ClN3OS/c13-8-4-3-7-15-9(8)16-11(17)12(10(14)18)5-1-2-6-12/h3-4,7H,1-2,5-6H2,(H2,14,18)(H,15,16,17). The Morgan fingerprint density at radius 2 is 2.17 bits per heavy atom. The number of carbonyl (C=O) groups excluding carboxylic acids is 1. The molecule has 0 unspecified atom stereocenters. The molecule has 96 valence electrons. The highest BCUT2D eigenvalue weighted by molar-refractivity contribution is 7.80. The predicted octanol–water partition coefficient (Wildman–Crippen LogP) is 2.52. The molecule has 4 nitrogen and oxygen atoms in total. The molecular weight excluding hydrogens is 270 g/mol. The van der Waals surface area contributed by atoms with E-state index < -0.39 is 5.41 Å². The Morgan fingerprint density at radius 1 is 1.50 bits per heavy atom. The van der Waals surface area contributed by atoms with Crippen LogP contribution in [-0.2, 0) is 4.79 Å². The van der Waals surface area contributed by atoms with Gasteiger partial charge in [0, 0.05) is 6.20 Å². The number of nitrogens with one attached hydrogen (secondary N) is 1. The molecule has 0 spiro atoms. The molecule has 0 aromatic carbocycles. The Balaban J connectivity index is 2.21. The van der Waals surface area contributed by atoms with Crippen molar-refractivity contribution in [3.8, 4) is 0 Å². The Morgan fingerprint density at radius 3 is 2.72 bits per heavy atom. The van der Waals surface area contributed by atoms with Gasteiger partial charge in [0.2, 0.25) is 5.91 Å². The van der Waals surface area contributed by atoms with Crippen LogP contribution < -0.4 is 11.1 Å². The lowest BCUT2D eigenvalue weighted by atomic mass is 9.85. The molecule has 1 aromatic heterocycles. The van der Waals surface area contributed by atoms with Crippen molar-refractivity contribution in [1.82, 2.24) is 4.98 Å².